The molecule has 4 nitrogen and oxygen atoms in total. The van der Waals surface area contributed by atoms with Crippen LogP contribution in [0, 0.1) is 0 Å². The summed E-state index contributed by atoms with van der Waals surface area (Å²) in [4.78, 5) is 16.6. The maximum absolute atomic E-state index is 12.7. The van der Waals surface area contributed by atoms with Crippen LogP contribution in [0.15, 0.2) is 48.5 Å². The number of rotatable bonds is 4. The van der Waals surface area contributed by atoms with Crippen molar-refractivity contribution in [2.45, 2.75) is 25.6 Å². The Labute approximate surface area is 187 Å². The van der Waals surface area contributed by atoms with Gasteiger partial charge >= 0.3 is 6.18 Å². The van der Waals surface area contributed by atoms with E-state index in [1.54, 1.807) is 12.1 Å². The van der Waals surface area contributed by atoms with Gasteiger partial charge in [0.2, 0.25) is 5.91 Å². The number of hydrogen-bond acceptors (Lipinski definition) is 3. The van der Waals surface area contributed by atoms with E-state index in [-0.39, 0.29) is 30.7 Å². The number of nitrogens with two attached hydrogens (primary N) is 1. The molecule has 30 heavy (non-hydrogen) atoms. The Bertz CT molecular complexity index is 799. The fraction of sp³-hybridized carbons (Fsp3) is 0.381. The molecular formula is C21H26Cl2F3N3O. The van der Waals surface area contributed by atoms with Gasteiger partial charge in [0.25, 0.3) is 0 Å². The normalized spacial score (nSPS) is 15.0. The summed E-state index contributed by atoms with van der Waals surface area (Å²) in [5.74, 6) is 0.0844. The third kappa shape index (κ3) is 7.38. The first-order valence-electron chi connectivity index (χ1n) is 9.32. The Morgan fingerprint density at radius 2 is 1.47 bits per heavy atom. The molecule has 1 fully saturated rings. The molecule has 1 aliphatic heterocycles. The predicted octanol–water partition coefficient (Wildman–Crippen LogP) is 4.41. The molecule has 1 amide bonds. The zero-order valence-electron chi connectivity index (χ0n) is 16.4. The highest BCUT2D eigenvalue weighted by atomic mass is 35.5. The van der Waals surface area contributed by atoms with Gasteiger partial charge in [0.15, 0.2) is 0 Å². The highest BCUT2D eigenvalue weighted by Gasteiger charge is 2.30. The molecule has 2 aromatic rings. The van der Waals surface area contributed by atoms with Crippen molar-refractivity contribution >= 4 is 36.4 Å². The number of carbonyl (C=O) groups excluding carboxylic acids is 1. The average molecular weight is 464 g/mol. The second kappa shape index (κ2) is 11.4. The van der Waals surface area contributed by atoms with Gasteiger partial charge in [0, 0.05) is 38.4 Å². The Morgan fingerprint density at radius 1 is 0.867 bits per heavy atom. The predicted molar refractivity (Wildman–Crippen MR) is 117 cm³/mol. The summed E-state index contributed by atoms with van der Waals surface area (Å²) >= 11 is 0. The molecule has 0 bridgehead atoms. The van der Waals surface area contributed by atoms with Gasteiger partial charge in [-0.05, 0) is 41.8 Å². The molecule has 3 rings (SSSR count). The number of alkyl halides is 3. The smallest absolute Gasteiger partial charge is 0.399 e. The molecule has 2 aromatic carbocycles. The van der Waals surface area contributed by atoms with Gasteiger partial charge in [-0.25, -0.2) is 0 Å². The van der Waals surface area contributed by atoms with Gasteiger partial charge in [-0.3, -0.25) is 9.69 Å². The summed E-state index contributed by atoms with van der Waals surface area (Å²) in [5.41, 5.74) is 7.49. The lowest BCUT2D eigenvalue weighted by Crippen LogP contribution is -2.36. The number of anilines is 1. The van der Waals surface area contributed by atoms with Crippen molar-refractivity contribution in [1.82, 2.24) is 9.80 Å². The van der Waals surface area contributed by atoms with E-state index in [1.165, 1.54) is 12.1 Å². The SMILES string of the molecule is Cl.Cl.Nc1ccc(CC(=O)N2CCCN(Cc3ccc(C(F)(F)F)cc3)CC2)cc1. The molecule has 9 heteroatoms. The molecule has 166 valence electrons. The van der Waals surface area contributed by atoms with Crippen molar-refractivity contribution in [3.63, 3.8) is 0 Å². The molecule has 0 atom stereocenters. The highest BCUT2D eigenvalue weighted by molar-refractivity contribution is 5.85. The van der Waals surface area contributed by atoms with Crippen molar-refractivity contribution in [3.05, 3.63) is 65.2 Å². The van der Waals surface area contributed by atoms with Gasteiger partial charge in [-0.15, -0.1) is 24.8 Å². The van der Waals surface area contributed by atoms with E-state index < -0.39 is 11.7 Å². The number of amides is 1. The van der Waals surface area contributed by atoms with Crippen LogP contribution in [0.25, 0.3) is 0 Å². The third-order valence-electron chi connectivity index (χ3n) is 4.96. The molecule has 0 unspecified atom stereocenters. The lowest BCUT2D eigenvalue weighted by molar-refractivity contribution is -0.137. The minimum Gasteiger partial charge on any atom is -0.399 e. The van der Waals surface area contributed by atoms with Gasteiger partial charge in [-0.1, -0.05) is 24.3 Å². The van der Waals surface area contributed by atoms with Crippen molar-refractivity contribution < 1.29 is 18.0 Å². The topological polar surface area (TPSA) is 49.6 Å². The average Bonchev–Trinajstić information content (AvgIpc) is 2.89. The zero-order chi connectivity index (χ0) is 20.1. The number of halogens is 5. The van der Waals surface area contributed by atoms with Gasteiger partial charge in [-0.2, -0.15) is 13.2 Å². The monoisotopic (exact) mass is 463 g/mol. The summed E-state index contributed by atoms with van der Waals surface area (Å²) in [5, 5.41) is 0. The van der Waals surface area contributed by atoms with Crippen LogP contribution in [0.1, 0.15) is 23.1 Å². The van der Waals surface area contributed by atoms with Crippen LogP contribution >= 0.6 is 24.8 Å². The van der Waals surface area contributed by atoms with E-state index in [0.29, 0.717) is 38.3 Å². The summed E-state index contributed by atoms with van der Waals surface area (Å²) in [6, 6.07) is 12.6. The first-order chi connectivity index (χ1) is 13.3. The molecule has 2 N–H and O–H groups in total. The van der Waals surface area contributed by atoms with Crippen LogP contribution in [0.3, 0.4) is 0 Å². The van der Waals surface area contributed by atoms with E-state index in [1.807, 2.05) is 17.0 Å². The molecule has 0 radical (unpaired) electrons. The highest BCUT2D eigenvalue weighted by Crippen LogP contribution is 2.29. The van der Waals surface area contributed by atoms with Crippen LogP contribution in [0.2, 0.25) is 0 Å². The Kier molecular flexibility index (Phi) is 9.94. The molecule has 0 aromatic heterocycles. The summed E-state index contributed by atoms with van der Waals surface area (Å²) in [6.45, 7) is 3.41. The molecule has 0 aliphatic carbocycles. The summed E-state index contributed by atoms with van der Waals surface area (Å²) in [7, 11) is 0. The van der Waals surface area contributed by atoms with Crippen molar-refractivity contribution in [3.8, 4) is 0 Å². The van der Waals surface area contributed by atoms with Crippen LogP contribution < -0.4 is 5.73 Å². The summed E-state index contributed by atoms with van der Waals surface area (Å²) < 4.78 is 38.0. The fourth-order valence-electron chi connectivity index (χ4n) is 3.36. The first kappa shape index (κ1) is 26.1. The first-order valence-corrected chi connectivity index (χ1v) is 9.32. The second-order valence-corrected chi connectivity index (χ2v) is 7.12. The number of nitrogen functional groups attached to an aromatic ring is 1. The van der Waals surface area contributed by atoms with Crippen molar-refractivity contribution in [2.75, 3.05) is 31.9 Å². The maximum Gasteiger partial charge on any atom is 0.416 e. The lowest BCUT2D eigenvalue weighted by atomic mass is 10.1. The lowest BCUT2D eigenvalue weighted by Gasteiger charge is -2.22. The van der Waals surface area contributed by atoms with Crippen LogP contribution in [-0.4, -0.2) is 41.9 Å². The quantitative estimate of drug-likeness (QED) is 0.683. The molecule has 1 saturated heterocycles. The Balaban J connectivity index is 0.00000225. The van der Waals surface area contributed by atoms with Crippen molar-refractivity contribution in [2.24, 2.45) is 0 Å². The van der Waals surface area contributed by atoms with Crippen LogP contribution in [-0.2, 0) is 23.9 Å². The van der Waals surface area contributed by atoms with Crippen LogP contribution in [0.5, 0.6) is 0 Å². The number of nitrogens with zero attached hydrogens (tertiary/aromatic N) is 2. The van der Waals surface area contributed by atoms with E-state index in [0.717, 1.165) is 36.2 Å². The fourth-order valence-corrected chi connectivity index (χ4v) is 3.36. The number of carbonyl (C=O) groups is 1. The largest absolute Gasteiger partial charge is 0.416 e. The van der Waals surface area contributed by atoms with E-state index in [4.69, 9.17) is 5.73 Å². The van der Waals surface area contributed by atoms with Crippen LogP contribution in [0.4, 0.5) is 18.9 Å². The Hall–Kier alpha value is -1.96. The molecule has 0 spiro atoms. The minimum atomic E-state index is -4.31. The van der Waals surface area contributed by atoms with E-state index >= 15 is 0 Å². The Morgan fingerprint density at radius 3 is 2.07 bits per heavy atom. The molecule has 0 saturated carbocycles. The van der Waals surface area contributed by atoms with Crippen molar-refractivity contribution in [1.29, 1.82) is 0 Å². The second-order valence-electron chi connectivity index (χ2n) is 7.12. The zero-order valence-corrected chi connectivity index (χ0v) is 18.0. The minimum absolute atomic E-state index is 0. The molecule has 1 aliphatic rings. The third-order valence-corrected chi connectivity index (χ3v) is 4.96. The standard InChI is InChI=1S/C21H24F3N3O.2ClH/c22-21(23,24)18-6-2-17(3-7-18)15-26-10-1-11-27(13-12-26)20(28)14-16-4-8-19(25)9-5-16;;/h2-9H,1,10-15,25H2;2*1H. The molecular weight excluding hydrogens is 438 g/mol. The maximum atomic E-state index is 12.7. The number of hydrogen-bond donors (Lipinski definition) is 1. The number of benzene rings is 2. The van der Waals surface area contributed by atoms with E-state index in [9.17, 15) is 18.0 Å². The van der Waals surface area contributed by atoms with Gasteiger partial charge < -0.3 is 10.6 Å². The molecule has 1 heterocycles. The van der Waals surface area contributed by atoms with E-state index in [2.05, 4.69) is 4.90 Å². The van der Waals surface area contributed by atoms with Gasteiger partial charge in [0.1, 0.15) is 0 Å². The summed E-state index contributed by atoms with van der Waals surface area (Å²) in [6.07, 6.45) is -3.13. The van der Waals surface area contributed by atoms with Gasteiger partial charge in [0.05, 0.1) is 12.0 Å².